The number of hydrogen-bond donors (Lipinski definition) is 2. The van der Waals surface area contributed by atoms with Crippen LogP contribution in [-0.4, -0.2) is 48.9 Å². The first kappa shape index (κ1) is 18.1. The summed E-state index contributed by atoms with van der Waals surface area (Å²) in [5.41, 5.74) is 0. The molecule has 1 aliphatic rings. The van der Waals surface area contributed by atoms with Gasteiger partial charge in [0.05, 0.1) is 0 Å². The minimum Gasteiger partial charge on any atom is -0.480 e. The van der Waals surface area contributed by atoms with E-state index in [1.54, 1.807) is 18.2 Å². The van der Waals surface area contributed by atoms with Crippen molar-refractivity contribution in [3.63, 3.8) is 0 Å². The molecule has 10 heteroatoms. The van der Waals surface area contributed by atoms with Crippen LogP contribution in [0.5, 0.6) is 0 Å². The van der Waals surface area contributed by atoms with Crippen LogP contribution in [0.3, 0.4) is 0 Å². The minimum absolute atomic E-state index is 0.0855. The summed E-state index contributed by atoms with van der Waals surface area (Å²) in [5, 5.41) is 10.2. The first-order valence-electron chi connectivity index (χ1n) is 7.44. The first-order chi connectivity index (χ1) is 11.7. The molecule has 1 amide bonds. The van der Waals surface area contributed by atoms with Gasteiger partial charge in [-0.05, 0) is 43.0 Å². The number of aliphatic carboxylic acids is 1. The molecule has 0 bridgehead atoms. The fraction of sp³-hybridized carbons (Fsp3) is 0.333. The Labute approximate surface area is 153 Å². The molecule has 0 aliphatic carbocycles. The van der Waals surface area contributed by atoms with E-state index in [2.05, 4.69) is 4.72 Å². The van der Waals surface area contributed by atoms with Crippen molar-refractivity contribution in [1.82, 2.24) is 9.62 Å². The molecule has 1 aliphatic heterocycles. The summed E-state index contributed by atoms with van der Waals surface area (Å²) >= 11 is 6.99. The van der Waals surface area contributed by atoms with Gasteiger partial charge in [-0.3, -0.25) is 4.79 Å². The van der Waals surface area contributed by atoms with Gasteiger partial charge in [0.25, 0.3) is 10.0 Å². The van der Waals surface area contributed by atoms with Gasteiger partial charge in [-0.1, -0.05) is 11.6 Å². The summed E-state index contributed by atoms with van der Waals surface area (Å²) in [6, 6.07) is 4.64. The zero-order valence-electron chi connectivity index (χ0n) is 13.1. The predicted molar refractivity (Wildman–Crippen MR) is 94.4 cm³/mol. The van der Waals surface area contributed by atoms with Crippen LogP contribution in [0.15, 0.2) is 28.5 Å². The second kappa shape index (κ2) is 6.56. The zero-order chi connectivity index (χ0) is 18.4. The predicted octanol–water partition coefficient (Wildman–Crippen LogP) is 1.91. The molecule has 134 valence electrons. The van der Waals surface area contributed by atoms with E-state index < -0.39 is 34.0 Å². The number of carboxylic acid groups (broad SMARTS) is 1. The van der Waals surface area contributed by atoms with Crippen LogP contribution >= 0.6 is 22.9 Å². The Morgan fingerprint density at radius 1 is 1.44 bits per heavy atom. The van der Waals surface area contributed by atoms with Crippen molar-refractivity contribution in [2.24, 2.45) is 0 Å². The number of rotatable bonds is 5. The van der Waals surface area contributed by atoms with Crippen LogP contribution < -0.4 is 4.72 Å². The zero-order valence-corrected chi connectivity index (χ0v) is 15.5. The normalized spacial score (nSPS) is 19.5. The number of benzene rings is 1. The number of nitrogens with zero attached hydrogens (tertiary/aromatic N) is 1. The standard InChI is InChI=1S/C15H15ClN2O5S2/c1-8(15(20)21)18-5-4-11(14(18)19)17-25(22,23)13-7-9-6-10(16)2-3-12(9)24-13/h2-3,6-8,11,17H,4-5H2,1H3,(H,20,21)/t8-,11-/m0/s1. The molecule has 0 spiro atoms. The molecule has 0 radical (unpaired) electrons. The van der Waals surface area contributed by atoms with Crippen LogP contribution in [0, 0.1) is 0 Å². The molecule has 0 unspecified atom stereocenters. The number of nitrogens with one attached hydrogen (secondary N) is 1. The molecule has 2 heterocycles. The monoisotopic (exact) mass is 402 g/mol. The number of fused-ring (bicyclic) bond motifs is 1. The van der Waals surface area contributed by atoms with E-state index in [1.165, 1.54) is 17.9 Å². The van der Waals surface area contributed by atoms with Gasteiger partial charge in [0.1, 0.15) is 16.3 Å². The van der Waals surface area contributed by atoms with Crippen LogP contribution in [0.4, 0.5) is 0 Å². The Kier molecular flexibility index (Phi) is 4.76. The Hall–Kier alpha value is -1.68. The van der Waals surface area contributed by atoms with Crippen molar-refractivity contribution >= 4 is 54.9 Å². The van der Waals surface area contributed by atoms with E-state index in [4.69, 9.17) is 16.7 Å². The number of carbonyl (C=O) groups is 2. The third kappa shape index (κ3) is 3.50. The van der Waals surface area contributed by atoms with Gasteiger partial charge in [0.15, 0.2) is 0 Å². The minimum atomic E-state index is -3.89. The van der Waals surface area contributed by atoms with Crippen molar-refractivity contribution < 1.29 is 23.1 Å². The van der Waals surface area contributed by atoms with Gasteiger partial charge in [-0.25, -0.2) is 13.2 Å². The summed E-state index contributed by atoms with van der Waals surface area (Å²) in [7, 11) is -3.89. The Balaban J connectivity index is 1.81. The highest BCUT2D eigenvalue weighted by molar-refractivity contribution is 7.91. The second-order valence-electron chi connectivity index (χ2n) is 5.76. The fourth-order valence-corrected chi connectivity index (χ4v) is 5.50. The van der Waals surface area contributed by atoms with Crippen LogP contribution in [0.25, 0.3) is 10.1 Å². The molecule has 1 aromatic heterocycles. The summed E-state index contributed by atoms with van der Waals surface area (Å²) in [5.74, 6) is -1.65. The highest BCUT2D eigenvalue weighted by Gasteiger charge is 2.39. The molecule has 2 aromatic rings. The summed E-state index contributed by atoms with van der Waals surface area (Å²) in [6.45, 7) is 1.59. The van der Waals surface area contributed by atoms with Crippen LogP contribution in [-0.2, 0) is 19.6 Å². The number of carboxylic acids is 1. The number of sulfonamides is 1. The Bertz CT molecular complexity index is 956. The number of hydrogen-bond acceptors (Lipinski definition) is 5. The molecule has 2 atom stereocenters. The molecular weight excluding hydrogens is 388 g/mol. The van der Waals surface area contributed by atoms with Crippen molar-refractivity contribution in [3.8, 4) is 0 Å². The molecule has 2 N–H and O–H groups in total. The topological polar surface area (TPSA) is 104 Å². The van der Waals surface area contributed by atoms with Gasteiger partial charge in [0.2, 0.25) is 5.91 Å². The van der Waals surface area contributed by atoms with E-state index in [0.717, 1.165) is 16.0 Å². The third-order valence-electron chi connectivity index (χ3n) is 4.08. The smallest absolute Gasteiger partial charge is 0.326 e. The lowest BCUT2D eigenvalue weighted by Crippen LogP contribution is -2.46. The summed E-state index contributed by atoms with van der Waals surface area (Å²) in [4.78, 5) is 24.5. The quantitative estimate of drug-likeness (QED) is 0.795. The third-order valence-corrected chi connectivity index (χ3v) is 7.38. The van der Waals surface area contributed by atoms with E-state index in [0.29, 0.717) is 10.4 Å². The maximum absolute atomic E-state index is 12.6. The number of halogens is 1. The average Bonchev–Trinajstić information content (AvgIpc) is 3.11. The molecule has 3 rings (SSSR count). The number of likely N-dealkylation sites (tertiary alicyclic amines) is 1. The van der Waals surface area contributed by atoms with E-state index in [1.807, 2.05) is 0 Å². The van der Waals surface area contributed by atoms with Gasteiger partial charge < -0.3 is 10.0 Å². The molecule has 7 nitrogen and oxygen atoms in total. The van der Waals surface area contributed by atoms with Crippen LogP contribution in [0.1, 0.15) is 13.3 Å². The fourth-order valence-electron chi connectivity index (χ4n) is 2.70. The molecule has 1 fully saturated rings. The Morgan fingerprint density at radius 2 is 2.16 bits per heavy atom. The van der Waals surface area contributed by atoms with Gasteiger partial charge >= 0.3 is 5.97 Å². The summed E-state index contributed by atoms with van der Waals surface area (Å²) in [6.07, 6.45) is 0.229. The maximum Gasteiger partial charge on any atom is 0.326 e. The number of amides is 1. The van der Waals surface area contributed by atoms with E-state index in [9.17, 15) is 18.0 Å². The van der Waals surface area contributed by atoms with Crippen molar-refractivity contribution in [1.29, 1.82) is 0 Å². The van der Waals surface area contributed by atoms with Crippen molar-refractivity contribution in [3.05, 3.63) is 29.3 Å². The van der Waals surface area contributed by atoms with E-state index in [-0.39, 0.29) is 17.2 Å². The average molecular weight is 403 g/mol. The Morgan fingerprint density at radius 3 is 2.84 bits per heavy atom. The lowest BCUT2D eigenvalue weighted by Gasteiger charge is -2.21. The molecule has 25 heavy (non-hydrogen) atoms. The molecule has 1 aromatic carbocycles. The number of carbonyl (C=O) groups excluding carboxylic acids is 1. The van der Waals surface area contributed by atoms with Crippen LogP contribution in [0.2, 0.25) is 5.02 Å². The van der Waals surface area contributed by atoms with Gasteiger partial charge in [-0.15, -0.1) is 11.3 Å². The van der Waals surface area contributed by atoms with Gasteiger partial charge in [0, 0.05) is 16.3 Å². The number of thiophene rings is 1. The maximum atomic E-state index is 12.6. The highest BCUT2D eigenvalue weighted by atomic mass is 35.5. The molecule has 1 saturated heterocycles. The van der Waals surface area contributed by atoms with E-state index >= 15 is 0 Å². The van der Waals surface area contributed by atoms with Crippen molar-refractivity contribution in [2.45, 2.75) is 29.6 Å². The highest BCUT2D eigenvalue weighted by Crippen LogP contribution is 2.31. The molecular formula is C15H15ClN2O5S2. The lowest BCUT2D eigenvalue weighted by molar-refractivity contribution is -0.147. The molecule has 0 saturated carbocycles. The second-order valence-corrected chi connectivity index (χ2v) is 9.22. The SMILES string of the molecule is C[C@@H](C(=O)O)N1CC[C@H](NS(=O)(=O)c2cc3cc(Cl)ccc3s2)C1=O. The first-order valence-corrected chi connectivity index (χ1v) is 10.1. The van der Waals surface area contributed by atoms with Crippen molar-refractivity contribution in [2.75, 3.05) is 6.54 Å². The van der Waals surface area contributed by atoms with Gasteiger partial charge in [-0.2, -0.15) is 4.72 Å². The largest absolute Gasteiger partial charge is 0.480 e. The summed E-state index contributed by atoms with van der Waals surface area (Å²) < 4.78 is 28.4. The lowest BCUT2D eigenvalue weighted by atomic mass is 10.3.